The fourth-order valence-electron chi connectivity index (χ4n) is 2.86. The number of nitrogens with one attached hydrogen (secondary N) is 1. The molecule has 2 N–H and O–H groups in total. The molecule has 1 aliphatic heterocycles. The van der Waals surface area contributed by atoms with Gasteiger partial charge in [0.1, 0.15) is 12.1 Å². The van der Waals surface area contributed by atoms with Gasteiger partial charge in [-0.2, -0.15) is 0 Å². The molecule has 0 aliphatic carbocycles. The Hall–Kier alpha value is -2.83. The van der Waals surface area contributed by atoms with Crippen LogP contribution in [0.4, 0.5) is 4.79 Å². The van der Waals surface area contributed by atoms with Gasteiger partial charge in [0, 0.05) is 13.5 Å². The van der Waals surface area contributed by atoms with Crippen molar-refractivity contribution >= 4 is 18.0 Å². The zero-order chi connectivity index (χ0) is 19.1. The fraction of sp³-hybridized carbons (Fsp3) is 0.421. The minimum Gasteiger partial charge on any atom is -0.465 e. The molecular weight excluding hydrogens is 336 g/mol. The highest BCUT2D eigenvalue weighted by Gasteiger charge is 2.32. The van der Waals surface area contributed by atoms with E-state index in [2.05, 4.69) is 5.32 Å². The average Bonchev–Trinajstić information content (AvgIpc) is 2.62. The number of carbonyl (C=O) groups is 3. The monoisotopic (exact) mass is 360 g/mol. The largest absolute Gasteiger partial charge is 0.465 e. The summed E-state index contributed by atoms with van der Waals surface area (Å²) >= 11 is 0. The lowest BCUT2D eigenvalue weighted by Gasteiger charge is -2.34. The fourth-order valence-corrected chi connectivity index (χ4v) is 2.86. The highest BCUT2D eigenvalue weighted by molar-refractivity contribution is 5.85. The van der Waals surface area contributed by atoms with E-state index in [1.807, 2.05) is 30.3 Å². The topological polar surface area (TPSA) is 95.9 Å². The van der Waals surface area contributed by atoms with Crippen LogP contribution in [0, 0.1) is 0 Å². The van der Waals surface area contributed by atoms with Gasteiger partial charge in [-0.15, -0.1) is 0 Å². The lowest BCUT2D eigenvalue weighted by molar-refractivity contribution is -0.155. The van der Waals surface area contributed by atoms with Crippen LogP contribution in [0.5, 0.6) is 0 Å². The van der Waals surface area contributed by atoms with Crippen molar-refractivity contribution in [1.82, 2.24) is 10.2 Å². The Kier molecular flexibility index (Phi) is 6.77. The molecule has 1 aliphatic rings. The van der Waals surface area contributed by atoms with Crippen molar-refractivity contribution in [3.05, 3.63) is 48.0 Å². The van der Waals surface area contributed by atoms with Gasteiger partial charge >= 0.3 is 12.1 Å². The highest BCUT2D eigenvalue weighted by Crippen LogP contribution is 2.26. The quantitative estimate of drug-likeness (QED) is 0.624. The van der Waals surface area contributed by atoms with E-state index in [-0.39, 0.29) is 24.7 Å². The Labute approximate surface area is 152 Å². The number of likely N-dealkylation sites (N-methyl/N-ethyl adjacent to an activating group) is 1. The van der Waals surface area contributed by atoms with Crippen molar-refractivity contribution in [3.8, 4) is 0 Å². The molecule has 0 aromatic heterocycles. The second-order valence-electron chi connectivity index (χ2n) is 6.26. The van der Waals surface area contributed by atoms with Gasteiger partial charge in [-0.05, 0) is 25.3 Å². The maximum Gasteiger partial charge on any atom is 0.405 e. The van der Waals surface area contributed by atoms with Crippen molar-refractivity contribution in [2.24, 2.45) is 0 Å². The minimum atomic E-state index is -1.25. The first-order valence-electron chi connectivity index (χ1n) is 8.55. The van der Waals surface area contributed by atoms with Crippen LogP contribution < -0.4 is 5.32 Å². The molecule has 1 aromatic carbocycles. The number of rotatable bonds is 2. The van der Waals surface area contributed by atoms with Crippen molar-refractivity contribution in [1.29, 1.82) is 0 Å². The number of carbonyl (C=O) groups excluding carboxylic acids is 2. The summed E-state index contributed by atoms with van der Waals surface area (Å²) in [6.07, 6.45) is 2.50. The number of nitrogens with zero attached hydrogens (tertiary/aromatic N) is 1. The third-order valence-electron chi connectivity index (χ3n) is 4.43. The Balaban J connectivity index is 2.34. The molecule has 2 rings (SSSR count). The average molecular weight is 360 g/mol. The molecule has 26 heavy (non-hydrogen) atoms. The third-order valence-corrected chi connectivity index (χ3v) is 4.43. The number of cyclic esters (lactones) is 1. The van der Waals surface area contributed by atoms with Gasteiger partial charge in [-0.1, -0.05) is 42.5 Å². The first-order valence-corrected chi connectivity index (χ1v) is 8.55. The molecule has 0 fully saturated rings. The van der Waals surface area contributed by atoms with Crippen LogP contribution in [0.25, 0.3) is 0 Å². The standard InChI is InChI=1S/C19H24N2O5/c1-13-17(14-9-5-3-6-10-14)26-16(22)12-8-4-7-11-15(20-19(24)25)18(23)21(13)2/h3-7,9-10,13,15,17,20H,8,11-12H2,1-2H3,(H,24,25)/t13-,15+,17-/m0/s1. The Morgan fingerprint density at radius 1 is 1.23 bits per heavy atom. The Morgan fingerprint density at radius 3 is 2.58 bits per heavy atom. The summed E-state index contributed by atoms with van der Waals surface area (Å²) in [5, 5.41) is 11.3. The van der Waals surface area contributed by atoms with Gasteiger partial charge in [-0.25, -0.2) is 4.79 Å². The third kappa shape index (κ3) is 5.08. The molecule has 0 bridgehead atoms. The van der Waals surface area contributed by atoms with Crippen molar-refractivity contribution in [2.75, 3.05) is 7.05 Å². The van der Waals surface area contributed by atoms with E-state index >= 15 is 0 Å². The van der Waals surface area contributed by atoms with Crippen LogP contribution in [0.3, 0.4) is 0 Å². The molecule has 0 radical (unpaired) electrons. The molecule has 0 saturated carbocycles. The van der Waals surface area contributed by atoms with Crippen LogP contribution in [0.2, 0.25) is 0 Å². The van der Waals surface area contributed by atoms with Gasteiger partial charge in [0.25, 0.3) is 0 Å². The van der Waals surface area contributed by atoms with E-state index in [1.54, 1.807) is 26.1 Å². The van der Waals surface area contributed by atoms with Crippen LogP contribution in [0.15, 0.2) is 42.5 Å². The number of hydrogen-bond acceptors (Lipinski definition) is 4. The predicted octanol–water partition coefficient (Wildman–Crippen LogP) is 2.49. The molecule has 2 amide bonds. The van der Waals surface area contributed by atoms with Gasteiger partial charge in [0.15, 0.2) is 0 Å². The SMILES string of the molecule is C[C@H]1[C@@H](c2ccccc2)OC(=O)CCC=CC[C@@H](NC(=O)O)C(=O)N1C. The molecule has 0 saturated heterocycles. The predicted molar refractivity (Wildman–Crippen MR) is 95.4 cm³/mol. The number of amides is 2. The Bertz CT molecular complexity index is 674. The number of carboxylic acid groups (broad SMARTS) is 1. The lowest BCUT2D eigenvalue weighted by atomic mass is 10.0. The van der Waals surface area contributed by atoms with Crippen molar-refractivity contribution < 1.29 is 24.2 Å². The summed E-state index contributed by atoms with van der Waals surface area (Å²) in [7, 11) is 1.59. The number of ether oxygens (including phenoxy) is 1. The van der Waals surface area contributed by atoms with Crippen LogP contribution in [-0.4, -0.2) is 47.1 Å². The summed E-state index contributed by atoms with van der Waals surface area (Å²) < 4.78 is 5.65. The Morgan fingerprint density at radius 2 is 1.92 bits per heavy atom. The zero-order valence-electron chi connectivity index (χ0n) is 14.9. The molecule has 0 unspecified atom stereocenters. The number of allylic oxidation sites excluding steroid dienone is 1. The minimum absolute atomic E-state index is 0.223. The van der Waals surface area contributed by atoms with E-state index in [0.29, 0.717) is 6.42 Å². The first-order chi connectivity index (χ1) is 12.4. The molecule has 0 spiro atoms. The second kappa shape index (κ2) is 9.03. The van der Waals surface area contributed by atoms with E-state index in [1.165, 1.54) is 4.90 Å². The molecule has 1 heterocycles. The maximum atomic E-state index is 12.8. The first kappa shape index (κ1) is 19.5. The van der Waals surface area contributed by atoms with E-state index in [0.717, 1.165) is 5.56 Å². The number of esters is 1. The summed E-state index contributed by atoms with van der Waals surface area (Å²) in [5.41, 5.74) is 0.781. The number of benzene rings is 1. The van der Waals surface area contributed by atoms with Crippen molar-refractivity contribution in [2.45, 2.75) is 44.4 Å². The van der Waals surface area contributed by atoms with Crippen LogP contribution in [0.1, 0.15) is 37.9 Å². The van der Waals surface area contributed by atoms with Gasteiger partial charge in [-0.3, -0.25) is 9.59 Å². The number of hydrogen-bond donors (Lipinski definition) is 2. The summed E-state index contributed by atoms with van der Waals surface area (Å²) in [5.74, 6) is -0.709. The van der Waals surface area contributed by atoms with E-state index < -0.39 is 24.3 Å². The smallest absolute Gasteiger partial charge is 0.405 e. The normalized spacial score (nSPS) is 25.0. The molecule has 7 nitrogen and oxygen atoms in total. The van der Waals surface area contributed by atoms with Crippen LogP contribution >= 0.6 is 0 Å². The molecule has 1 aromatic rings. The maximum absolute atomic E-state index is 12.8. The highest BCUT2D eigenvalue weighted by atomic mass is 16.5. The second-order valence-corrected chi connectivity index (χ2v) is 6.26. The summed E-state index contributed by atoms with van der Waals surface area (Å²) in [4.78, 5) is 37.4. The van der Waals surface area contributed by atoms with E-state index in [4.69, 9.17) is 9.84 Å². The van der Waals surface area contributed by atoms with Gasteiger partial charge in [0.2, 0.25) is 5.91 Å². The lowest BCUT2D eigenvalue weighted by Crippen LogP contribution is -2.51. The van der Waals surface area contributed by atoms with Crippen molar-refractivity contribution in [3.63, 3.8) is 0 Å². The summed E-state index contributed by atoms with van der Waals surface area (Å²) in [6, 6.07) is 7.86. The van der Waals surface area contributed by atoms with E-state index in [9.17, 15) is 14.4 Å². The molecular formula is C19H24N2O5. The zero-order valence-corrected chi connectivity index (χ0v) is 14.9. The molecule has 7 heteroatoms. The summed E-state index contributed by atoms with van der Waals surface area (Å²) in [6.45, 7) is 1.78. The van der Waals surface area contributed by atoms with Gasteiger partial charge in [0.05, 0.1) is 6.04 Å². The van der Waals surface area contributed by atoms with Gasteiger partial charge < -0.3 is 20.1 Å². The molecule has 140 valence electrons. The van der Waals surface area contributed by atoms with Crippen LogP contribution in [-0.2, 0) is 14.3 Å². The molecule has 3 atom stereocenters.